The molecule has 1 atom stereocenters. The molecule has 1 amide bonds. The summed E-state index contributed by atoms with van der Waals surface area (Å²) in [7, 11) is -3.55. The minimum Gasteiger partial charge on any atom is -0.431 e. The topological polar surface area (TPSA) is 92.5 Å². The molecule has 0 unspecified atom stereocenters. The van der Waals surface area contributed by atoms with Crippen LogP contribution in [-0.4, -0.2) is 48.0 Å². The minimum atomic E-state index is -3.55. The Morgan fingerprint density at radius 2 is 2.00 bits per heavy atom. The third-order valence-corrected chi connectivity index (χ3v) is 8.02. The van der Waals surface area contributed by atoms with Crippen molar-refractivity contribution < 1.29 is 17.6 Å². The van der Waals surface area contributed by atoms with Crippen molar-refractivity contribution in [3.05, 3.63) is 18.2 Å². The molecule has 0 spiro atoms. The van der Waals surface area contributed by atoms with E-state index < -0.39 is 10.0 Å². The van der Waals surface area contributed by atoms with Crippen molar-refractivity contribution in [1.82, 2.24) is 14.6 Å². The van der Waals surface area contributed by atoms with Gasteiger partial charge in [-0.05, 0) is 38.0 Å². The SMILES string of the molecule is CCN(CC)S(=O)(=O)c1ccc2oc(S[C@@H](C)C(=O)NC3CCCC3)nc2c1. The molecule has 0 saturated heterocycles. The Bertz CT molecular complexity index is 932. The summed E-state index contributed by atoms with van der Waals surface area (Å²) < 4.78 is 32.5. The number of sulfonamides is 1. The van der Waals surface area contributed by atoms with Gasteiger partial charge in [0.2, 0.25) is 15.9 Å². The van der Waals surface area contributed by atoms with Gasteiger partial charge in [-0.2, -0.15) is 4.31 Å². The molecule has 9 heteroatoms. The van der Waals surface area contributed by atoms with Crippen LogP contribution in [0.25, 0.3) is 11.1 Å². The zero-order chi connectivity index (χ0) is 20.3. The Hall–Kier alpha value is -1.58. The molecule has 1 N–H and O–H groups in total. The van der Waals surface area contributed by atoms with E-state index in [2.05, 4.69) is 10.3 Å². The number of hydrogen-bond donors (Lipinski definition) is 1. The molecule has 1 aliphatic carbocycles. The van der Waals surface area contributed by atoms with Gasteiger partial charge in [0.1, 0.15) is 5.52 Å². The third-order valence-electron chi connectivity index (χ3n) is 5.03. The first-order valence-electron chi connectivity index (χ1n) is 9.73. The molecule has 1 saturated carbocycles. The number of carbonyl (C=O) groups is 1. The molecule has 1 aliphatic rings. The molecule has 0 bridgehead atoms. The Morgan fingerprint density at radius 3 is 2.64 bits per heavy atom. The lowest BCUT2D eigenvalue weighted by Crippen LogP contribution is -2.37. The molecule has 1 fully saturated rings. The van der Waals surface area contributed by atoms with Crippen LogP contribution in [0.1, 0.15) is 46.5 Å². The van der Waals surface area contributed by atoms with Gasteiger partial charge in [0.15, 0.2) is 5.58 Å². The summed E-state index contributed by atoms with van der Waals surface area (Å²) in [5.74, 6) is -0.0241. The van der Waals surface area contributed by atoms with Crippen LogP contribution in [0.3, 0.4) is 0 Å². The van der Waals surface area contributed by atoms with Crippen LogP contribution >= 0.6 is 11.8 Å². The van der Waals surface area contributed by atoms with E-state index >= 15 is 0 Å². The fraction of sp³-hybridized carbons (Fsp3) is 0.579. The maximum Gasteiger partial charge on any atom is 0.257 e. The van der Waals surface area contributed by atoms with Gasteiger partial charge in [-0.3, -0.25) is 4.79 Å². The van der Waals surface area contributed by atoms with Crippen LogP contribution in [0.15, 0.2) is 32.7 Å². The monoisotopic (exact) mass is 425 g/mol. The van der Waals surface area contributed by atoms with Gasteiger partial charge in [0.05, 0.1) is 10.1 Å². The van der Waals surface area contributed by atoms with Crippen LogP contribution in [-0.2, 0) is 14.8 Å². The van der Waals surface area contributed by atoms with Gasteiger partial charge in [-0.25, -0.2) is 13.4 Å². The van der Waals surface area contributed by atoms with Crippen LogP contribution in [0.4, 0.5) is 0 Å². The van der Waals surface area contributed by atoms with E-state index in [1.54, 1.807) is 6.07 Å². The highest BCUT2D eigenvalue weighted by Gasteiger charge is 2.25. The fourth-order valence-electron chi connectivity index (χ4n) is 3.40. The molecular weight excluding hydrogens is 398 g/mol. The van der Waals surface area contributed by atoms with Gasteiger partial charge in [-0.1, -0.05) is 38.5 Å². The number of hydrogen-bond acceptors (Lipinski definition) is 6. The number of benzene rings is 1. The van der Waals surface area contributed by atoms with E-state index in [-0.39, 0.29) is 22.1 Å². The van der Waals surface area contributed by atoms with E-state index in [4.69, 9.17) is 4.42 Å². The lowest BCUT2D eigenvalue weighted by atomic mass is 10.2. The zero-order valence-electron chi connectivity index (χ0n) is 16.5. The first-order chi connectivity index (χ1) is 13.3. The Kier molecular flexibility index (Phi) is 6.67. The van der Waals surface area contributed by atoms with Crippen molar-refractivity contribution in [2.24, 2.45) is 0 Å². The number of amides is 1. The number of carbonyl (C=O) groups excluding carboxylic acids is 1. The molecule has 1 aromatic heterocycles. The maximum absolute atomic E-state index is 12.7. The van der Waals surface area contributed by atoms with Gasteiger partial charge in [0.25, 0.3) is 5.22 Å². The number of nitrogens with zero attached hydrogens (tertiary/aromatic N) is 2. The van der Waals surface area contributed by atoms with Crippen molar-refractivity contribution in [3.8, 4) is 0 Å². The van der Waals surface area contributed by atoms with E-state index in [9.17, 15) is 13.2 Å². The predicted octanol–water partition coefficient (Wildman–Crippen LogP) is 3.40. The van der Waals surface area contributed by atoms with E-state index in [0.29, 0.717) is 29.4 Å². The Labute approximate surface area is 170 Å². The summed E-state index contributed by atoms with van der Waals surface area (Å²) in [4.78, 5) is 16.9. The molecule has 1 aromatic carbocycles. The summed E-state index contributed by atoms with van der Waals surface area (Å²) >= 11 is 1.24. The number of fused-ring (bicyclic) bond motifs is 1. The second-order valence-electron chi connectivity index (χ2n) is 6.95. The minimum absolute atomic E-state index is 0.0241. The first-order valence-corrected chi connectivity index (χ1v) is 12.0. The highest BCUT2D eigenvalue weighted by molar-refractivity contribution is 8.00. The van der Waals surface area contributed by atoms with E-state index in [1.165, 1.54) is 28.2 Å². The number of nitrogens with one attached hydrogen (secondary N) is 1. The Morgan fingerprint density at radius 1 is 1.32 bits per heavy atom. The molecule has 7 nitrogen and oxygen atoms in total. The lowest BCUT2D eigenvalue weighted by molar-refractivity contribution is -0.120. The second-order valence-corrected chi connectivity index (χ2v) is 10.2. The summed E-state index contributed by atoms with van der Waals surface area (Å²) in [5.41, 5.74) is 0.975. The van der Waals surface area contributed by atoms with Gasteiger partial charge >= 0.3 is 0 Å². The standard InChI is InChI=1S/C19H27N3O4S2/c1-4-22(5-2)28(24,25)15-10-11-17-16(12-15)21-19(26-17)27-13(3)18(23)20-14-8-6-7-9-14/h10-14H,4-9H2,1-3H3,(H,20,23)/t13-/m0/s1. The highest BCUT2D eigenvalue weighted by Crippen LogP contribution is 2.29. The largest absolute Gasteiger partial charge is 0.431 e. The summed E-state index contributed by atoms with van der Waals surface area (Å²) in [5, 5.41) is 3.10. The number of aromatic nitrogens is 1. The van der Waals surface area contributed by atoms with Crippen molar-refractivity contribution in [3.63, 3.8) is 0 Å². The quantitative estimate of drug-likeness (QED) is 0.652. The first kappa shape index (κ1) is 21.1. The van der Waals surface area contributed by atoms with Gasteiger partial charge < -0.3 is 9.73 Å². The number of thioether (sulfide) groups is 1. The molecule has 154 valence electrons. The molecule has 0 aliphatic heterocycles. The van der Waals surface area contributed by atoms with Crippen molar-refractivity contribution >= 4 is 38.8 Å². The van der Waals surface area contributed by atoms with Crippen molar-refractivity contribution in [2.75, 3.05) is 13.1 Å². The summed E-state index contributed by atoms with van der Waals surface area (Å²) in [6, 6.07) is 4.95. The normalized spacial score (nSPS) is 16.7. The molecule has 2 aromatic rings. The lowest BCUT2D eigenvalue weighted by Gasteiger charge is -2.18. The van der Waals surface area contributed by atoms with Crippen LogP contribution < -0.4 is 5.32 Å². The molecule has 3 rings (SSSR count). The average Bonchev–Trinajstić information content (AvgIpc) is 3.30. The molecule has 28 heavy (non-hydrogen) atoms. The van der Waals surface area contributed by atoms with Crippen molar-refractivity contribution in [2.45, 2.75) is 67.9 Å². The van der Waals surface area contributed by atoms with Gasteiger partial charge in [-0.15, -0.1) is 0 Å². The van der Waals surface area contributed by atoms with Crippen LogP contribution in [0.2, 0.25) is 0 Å². The number of oxazole rings is 1. The third kappa shape index (κ3) is 4.52. The average molecular weight is 426 g/mol. The molecule has 1 heterocycles. The highest BCUT2D eigenvalue weighted by atomic mass is 32.2. The Balaban J connectivity index is 1.74. The maximum atomic E-state index is 12.7. The summed E-state index contributed by atoms with van der Waals surface area (Å²) in [6.45, 7) is 6.25. The van der Waals surface area contributed by atoms with Crippen LogP contribution in [0, 0.1) is 0 Å². The zero-order valence-corrected chi connectivity index (χ0v) is 18.1. The van der Waals surface area contributed by atoms with Gasteiger partial charge in [0, 0.05) is 19.1 Å². The molecular formula is C19H27N3O4S2. The molecule has 0 radical (unpaired) electrons. The summed E-state index contributed by atoms with van der Waals surface area (Å²) in [6.07, 6.45) is 4.40. The van der Waals surface area contributed by atoms with Crippen molar-refractivity contribution in [1.29, 1.82) is 0 Å². The smallest absolute Gasteiger partial charge is 0.257 e. The van der Waals surface area contributed by atoms with E-state index in [1.807, 2.05) is 20.8 Å². The second kappa shape index (κ2) is 8.84. The number of rotatable bonds is 8. The fourth-order valence-corrected chi connectivity index (χ4v) is 5.65. The van der Waals surface area contributed by atoms with Crippen LogP contribution in [0.5, 0.6) is 0 Å². The van der Waals surface area contributed by atoms with E-state index in [0.717, 1.165) is 25.7 Å². The predicted molar refractivity (Wildman–Crippen MR) is 110 cm³/mol.